The molecule has 3 rings (SSSR count). The quantitative estimate of drug-likeness (QED) is 0.871. The van der Waals surface area contributed by atoms with Gasteiger partial charge in [-0.05, 0) is 63.1 Å². The van der Waals surface area contributed by atoms with E-state index in [-0.39, 0.29) is 5.91 Å². The fraction of sp³-hybridized carbons (Fsp3) is 0.400. The zero-order chi connectivity index (χ0) is 17.6. The van der Waals surface area contributed by atoms with Crippen molar-refractivity contribution in [2.75, 3.05) is 41.3 Å². The lowest BCUT2D eigenvalue weighted by Gasteiger charge is -2.21. The van der Waals surface area contributed by atoms with Crippen molar-refractivity contribution in [1.29, 1.82) is 0 Å². The van der Waals surface area contributed by atoms with Gasteiger partial charge in [-0.15, -0.1) is 0 Å². The fourth-order valence-electron chi connectivity index (χ4n) is 3.26. The average molecular weight is 338 g/mol. The first-order valence-corrected chi connectivity index (χ1v) is 9.08. The van der Waals surface area contributed by atoms with E-state index in [4.69, 9.17) is 0 Å². The average Bonchev–Trinajstić information content (AvgIpc) is 3.19. The number of pyridine rings is 1. The summed E-state index contributed by atoms with van der Waals surface area (Å²) in [4.78, 5) is 21.3. The maximum atomic E-state index is 12.5. The van der Waals surface area contributed by atoms with Gasteiger partial charge in [-0.3, -0.25) is 9.78 Å². The van der Waals surface area contributed by atoms with Gasteiger partial charge in [-0.1, -0.05) is 0 Å². The standard InChI is InChI=1S/C20H26N4O/c1-3-23(4-2)17-9-7-16(8-10-17)22-20(25)19-15-18(11-12-21-19)24-13-5-6-14-24/h7-12,15H,3-6,13-14H2,1-2H3,(H,22,25). The molecule has 1 aromatic carbocycles. The minimum absolute atomic E-state index is 0.170. The lowest BCUT2D eigenvalue weighted by atomic mass is 10.2. The van der Waals surface area contributed by atoms with E-state index in [1.807, 2.05) is 36.4 Å². The zero-order valence-electron chi connectivity index (χ0n) is 15.0. The summed E-state index contributed by atoms with van der Waals surface area (Å²) in [7, 11) is 0. The second kappa shape index (κ2) is 8.01. The molecule has 0 aliphatic carbocycles. The van der Waals surface area contributed by atoms with Crippen LogP contribution in [0.3, 0.4) is 0 Å². The van der Waals surface area contributed by atoms with Crippen molar-refractivity contribution in [3.05, 3.63) is 48.3 Å². The van der Waals surface area contributed by atoms with Gasteiger partial charge in [-0.2, -0.15) is 0 Å². The molecule has 1 aliphatic heterocycles. The Hall–Kier alpha value is -2.56. The van der Waals surface area contributed by atoms with Gasteiger partial charge in [0.25, 0.3) is 5.91 Å². The summed E-state index contributed by atoms with van der Waals surface area (Å²) >= 11 is 0. The Morgan fingerprint density at radius 3 is 2.44 bits per heavy atom. The second-order valence-corrected chi connectivity index (χ2v) is 6.27. The van der Waals surface area contributed by atoms with Crippen molar-refractivity contribution in [2.24, 2.45) is 0 Å². The van der Waals surface area contributed by atoms with E-state index in [2.05, 4.69) is 33.9 Å². The predicted octanol–water partition coefficient (Wildman–Crippen LogP) is 3.78. The third-order valence-electron chi connectivity index (χ3n) is 4.70. The van der Waals surface area contributed by atoms with E-state index in [1.165, 1.54) is 12.8 Å². The summed E-state index contributed by atoms with van der Waals surface area (Å²) in [5, 5.41) is 2.94. The Labute approximate surface area is 149 Å². The maximum absolute atomic E-state index is 12.5. The molecule has 0 radical (unpaired) electrons. The Bertz CT molecular complexity index is 704. The van der Waals surface area contributed by atoms with Gasteiger partial charge in [0.1, 0.15) is 5.69 Å². The first kappa shape index (κ1) is 17.3. The number of aromatic nitrogens is 1. The molecule has 5 nitrogen and oxygen atoms in total. The van der Waals surface area contributed by atoms with Crippen molar-refractivity contribution in [3.8, 4) is 0 Å². The zero-order valence-corrected chi connectivity index (χ0v) is 15.0. The lowest BCUT2D eigenvalue weighted by molar-refractivity contribution is 0.102. The Balaban J connectivity index is 1.68. The SMILES string of the molecule is CCN(CC)c1ccc(NC(=O)c2cc(N3CCCC3)ccn2)cc1. The molecule has 132 valence electrons. The summed E-state index contributed by atoms with van der Waals surface area (Å²) in [6.07, 6.45) is 4.14. The van der Waals surface area contributed by atoms with Crippen molar-refractivity contribution in [2.45, 2.75) is 26.7 Å². The number of carbonyl (C=O) groups is 1. The van der Waals surface area contributed by atoms with Crippen LogP contribution in [-0.2, 0) is 0 Å². The van der Waals surface area contributed by atoms with E-state index < -0.39 is 0 Å². The summed E-state index contributed by atoms with van der Waals surface area (Å²) in [5.41, 5.74) is 3.48. The molecular formula is C20H26N4O. The molecule has 0 atom stereocenters. The molecule has 2 aromatic rings. The van der Waals surface area contributed by atoms with Crippen molar-refractivity contribution in [3.63, 3.8) is 0 Å². The van der Waals surface area contributed by atoms with Crippen LogP contribution in [0.2, 0.25) is 0 Å². The molecule has 25 heavy (non-hydrogen) atoms. The van der Waals surface area contributed by atoms with Crippen LogP contribution in [-0.4, -0.2) is 37.1 Å². The molecule has 1 fully saturated rings. The first-order chi connectivity index (χ1) is 12.2. The van der Waals surface area contributed by atoms with Gasteiger partial charge in [0.2, 0.25) is 0 Å². The highest BCUT2D eigenvalue weighted by atomic mass is 16.1. The van der Waals surface area contributed by atoms with Crippen LogP contribution in [0.4, 0.5) is 17.1 Å². The third-order valence-corrected chi connectivity index (χ3v) is 4.70. The number of anilines is 3. The van der Waals surface area contributed by atoms with Crippen LogP contribution in [0.1, 0.15) is 37.2 Å². The monoisotopic (exact) mass is 338 g/mol. The molecule has 0 spiro atoms. The van der Waals surface area contributed by atoms with Crippen LogP contribution < -0.4 is 15.1 Å². The maximum Gasteiger partial charge on any atom is 0.274 e. The van der Waals surface area contributed by atoms with Crippen LogP contribution in [0.15, 0.2) is 42.6 Å². The van der Waals surface area contributed by atoms with Gasteiger partial charge in [0.15, 0.2) is 0 Å². The van der Waals surface area contributed by atoms with Gasteiger partial charge in [0, 0.05) is 49.4 Å². The van der Waals surface area contributed by atoms with Crippen LogP contribution >= 0.6 is 0 Å². The summed E-state index contributed by atoms with van der Waals surface area (Å²) in [6.45, 7) is 8.32. The highest BCUT2D eigenvalue weighted by Gasteiger charge is 2.15. The molecule has 0 unspecified atom stereocenters. The number of nitrogens with zero attached hydrogens (tertiary/aromatic N) is 3. The number of benzene rings is 1. The van der Waals surface area contributed by atoms with E-state index in [1.54, 1.807) is 6.20 Å². The van der Waals surface area contributed by atoms with Gasteiger partial charge in [-0.25, -0.2) is 0 Å². The Kier molecular flexibility index (Phi) is 5.53. The molecule has 0 saturated carbocycles. The Morgan fingerprint density at radius 1 is 1.12 bits per heavy atom. The van der Waals surface area contributed by atoms with Gasteiger partial charge < -0.3 is 15.1 Å². The van der Waals surface area contributed by atoms with E-state index in [9.17, 15) is 4.79 Å². The Morgan fingerprint density at radius 2 is 1.80 bits per heavy atom. The topological polar surface area (TPSA) is 48.5 Å². The van der Waals surface area contributed by atoms with Gasteiger partial charge >= 0.3 is 0 Å². The van der Waals surface area contributed by atoms with Crippen molar-refractivity contribution >= 4 is 23.0 Å². The van der Waals surface area contributed by atoms with Crippen LogP contribution in [0, 0.1) is 0 Å². The normalized spacial score (nSPS) is 13.8. The molecule has 0 bridgehead atoms. The smallest absolute Gasteiger partial charge is 0.274 e. The van der Waals surface area contributed by atoms with Crippen molar-refractivity contribution < 1.29 is 4.79 Å². The lowest BCUT2D eigenvalue weighted by Crippen LogP contribution is -2.21. The highest BCUT2D eigenvalue weighted by Crippen LogP contribution is 2.21. The number of hydrogen-bond donors (Lipinski definition) is 1. The third kappa shape index (κ3) is 4.10. The van der Waals surface area contributed by atoms with Crippen LogP contribution in [0.25, 0.3) is 0 Å². The molecular weight excluding hydrogens is 312 g/mol. The number of hydrogen-bond acceptors (Lipinski definition) is 4. The molecule has 1 saturated heterocycles. The number of carbonyl (C=O) groups excluding carboxylic acids is 1. The van der Waals surface area contributed by atoms with Crippen LogP contribution in [0.5, 0.6) is 0 Å². The molecule has 1 aromatic heterocycles. The molecule has 1 aliphatic rings. The summed E-state index contributed by atoms with van der Waals surface area (Å²) < 4.78 is 0. The first-order valence-electron chi connectivity index (χ1n) is 9.08. The van der Waals surface area contributed by atoms with Gasteiger partial charge in [0.05, 0.1) is 0 Å². The predicted molar refractivity (Wildman–Crippen MR) is 104 cm³/mol. The minimum atomic E-state index is -0.170. The number of amides is 1. The summed E-state index contributed by atoms with van der Waals surface area (Å²) in [5.74, 6) is -0.170. The fourth-order valence-corrected chi connectivity index (χ4v) is 3.26. The highest BCUT2D eigenvalue weighted by molar-refractivity contribution is 6.03. The van der Waals surface area contributed by atoms with E-state index >= 15 is 0 Å². The molecule has 1 N–H and O–H groups in total. The van der Waals surface area contributed by atoms with E-state index in [0.29, 0.717) is 5.69 Å². The second-order valence-electron chi connectivity index (χ2n) is 6.27. The molecule has 5 heteroatoms. The number of rotatable bonds is 6. The van der Waals surface area contributed by atoms with E-state index in [0.717, 1.165) is 43.2 Å². The largest absolute Gasteiger partial charge is 0.372 e. The number of nitrogens with one attached hydrogen (secondary N) is 1. The molecule has 2 heterocycles. The van der Waals surface area contributed by atoms with Crippen molar-refractivity contribution in [1.82, 2.24) is 4.98 Å². The molecule has 1 amide bonds. The minimum Gasteiger partial charge on any atom is -0.372 e. The summed E-state index contributed by atoms with van der Waals surface area (Å²) in [6, 6.07) is 11.8.